The Labute approximate surface area is 154 Å². The maximum Gasteiger partial charge on any atom is 0.266 e. The molecule has 1 saturated heterocycles. The molecule has 2 heterocycles. The number of rotatable bonds is 4. The fraction of sp³-hybridized carbons (Fsp3) is 0.471. The summed E-state index contributed by atoms with van der Waals surface area (Å²) < 4.78 is 38.6. The van der Waals surface area contributed by atoms with Crippen LogP contribution in [0.5, 0.6) is 5.75 Å². The quantitative estimate of drug-likeness (QED) is 0.800. The van der Waals surface area contributed by atoms with E-state index in [4.69, 9.17) is 20.9 Å². The number of nitrogens with zero attached hydrogens (tertiary/aromatic N) is 3. The van der Waals surface area contributed by atoms with Crippen molar-refractivity contribution in [1.29, 1.82) is 0 Å². The minimum atomic E-state index is -1.51. The summed E-state index contributed by atoms with van der Waals surface area (Å²) in [5.74, 6) is -2.20. The predicted molar refractivity (Wildman–Crippen MR) is 88.8 cm³/mol. The van der Waals surface area contributed by atoms with E-state index in [1.165, 1.54) is 13.8 Å². The van der Waals surface area contributed by atoms with Crippen LogP contribution in [0.4, 0.5) is 8.78 Å². The lowest BCUT2D eigenvalue weighted by Crippen LogP contribution is -2.48. The molecule has 3 rings (SSSR count). The van der Waals surface area contributed by atoms with Gasteiger partial charge >= 0.3 is 0 Å². The molecule has 140 valence electrons. The number of carbonyl (C=O) groups excluding carboxylic acids is 1. The standard InChI is InChI=1S/C17H18ClF2N3O3/c1-9-21-15(26-22-9)13-5-4-6-23(13)16(24)17(2,3)25-14-11(19)7-10(18)8-12(14)20/h7-8,13H,4-6H2,1-3H3/t13-/m0/s1. The molecule has 9 heteroatoms. The molecule has 1 atom stereocenters. The summed E-state index contributed by atoms with van der Waals surface area (Å²) in [4.78, 5) is 18.7. The van der Waals surface area contributed by atoms with E-state index < -0.39 is 28.9 Å². The van der Waals surface area contributed by atoms with Gasteiger partial charge in [-0.25, -0.2) is 8.78 Å². The zero-order valence-corrected chi connectivity index (χ0v) is 15.3. The fourth-order valence-corrected chi connectivity index (χ4v) is 3.18. The predicted octanol–water partition coefficient (Wildman–Crippen LogP) is 3.83. The van der Waals surface area contributed by atoms with Gasteiger partial charge in [0.15, 0.2) is 28.8 Å². The van der Waals surface area contributed by atoms with Gasteiger partial charge in [0.1, 0.15) is 6.04 Å². The summed E-state index contributed by atoms with van der Waals surface area (Å²) in [5.41, 5.74) is -1.51. The van der Waals surface area contributed by atoms with Gasteiger partial charge in [-0.3, -0.25) is 4.79 Å². The second kappa shape index (κ2) is 6.83. The summed E-state index contributed by atoms with van der Waals surface area (Å²) >= 11 is 5.61. The van der Waals surface area contributed by atoms with Gasteiger partial charge < -0.3 is 14.2 Å². The highest BCUT2D eigenvalue weighted by atomic mass is 35.5. The molecule has 0 radical (unpaired) electrons. The molecule has 0 unspecified atom stereocenters. The van der Waals surface area contributed by atoms with E-state index in [0.29, 0.717) is 24.7 Å². The molecular formula is C17H18ClF2N3O3. The van der Waals surface area contributed by atoms with Gasteiger partial charge in [-0.05, 0) is 45.7 Å². The molecule has 0 N–H and O–H groups in total. The number of aryl methyl sites for hydroxylation is 1. The van der Waals surface area contributed by atoms with Crippen LogP contribution in [-0.2, 0) is 4.79 Å². The number of aromatic nitrogens is 2. The molecule has 0 aliphatic carbocycles. The molecule has 1 amide bonds. The molecule has 26 heavy (non-hydrogen) atoms. The number of amides is 1. The maximum atomic E-state index is 14.0. The van der Waals surface area contributed by atoms with Crippen molar-refractivity contribution in [2.24, 2.45) is 0 Å². The van der Waals surface area contributed by atoms with Gasteiger partial charge in [-0.15, -0.1) is 0 Å². The number of ether oxygens (including phenoxy) is 1. The van der Waals surface area contributed by atoms with E-state index in [9.17, 15) is 13.6 Å². The topological polar surface area (TPSA) is 68.5 Å². The monoisotopic (exact) mass is 385 g/mol. The van der Waals surface area contributed by atoms with Crippen molar-refractivity contribution < 1.29 is 22.8 Å². The number of hydrogen-bond acceptors (Lipinski definition) is 5. The van der Waals surface area contributed by atoms with Gasteiger partial charge in [0, 0.05) is 11.6 Å². The van der Waals surface area contributed by atoms with E-state index in [-0.39, 0.29) is 11.1 Å². The Balaban J connectivity index is 1.83. The number of benzene rings is 1. The SMILES string of the molecule is Cc1noc([C@@H]2CCCN2C(=O)C(C)(C)Oc2c(F)cc(Cl)cc2F)n1. The van der Waals surface area contributed by atoms with Crippen molar-refractivity contribution in [3.63, 3.8) is 0 Å². The Morgan fingerprint density at radius 1 is 1.38 bits per heavy atom. The third-order valence-electron chi connectivity index (χ3n) is 4.18. The lowest BCUT2D eigenvalue weighted by Gasteiger charge is -2.32. The summed E-state index contributed by atoms with van der Waals surface area (Å²) in [5, 5.41) is 3.65. The fourth-order valence-electron chi connectivity index (χ4n) is 2.99. The summed E-state index contributed by atoms with van der Waals surface area (Å²) in [6.07, 6.45) is 1.41. The minimum absolute atomic E-state index is 0.0946. The first kappa shape index (κ1) is 18.6. The van der Waals surface area contributed by atoms with Crippen molar-refractivity contribution in [3.05, 3.63) is 40.5 Å². The first-order valence-electron chi connectivity index (χ1n) is 8.14. The molecule has 1 aromatic carbocycles. The molecule has 1 aliphatic rings. The lowest BCUT2D eigenvalue weighted by atomic mass is 10.1. The highest BCUT2D eigenvalue weighted by Gasteiger charge is 2.42. The Bertz CT molecular complexity index is 817. The van der Waals surface area contributed by atoms with Crippen LogP contribution in [0.15, 0.2) is 16.7 Å². The van der Waals surface area contributed by atoms with Gasteiger partial charge in [-0.1, -0.05) is 16.8 Å². The van der Waals surface area contributed by atoms with Gasteiger partial charge in [0.2, 0.25) is 5.89 Å². The van der Waals surface area contributed by atoms with E-state index in [2.05, 4.69) is 10.1 Å². The molecule has 0 saturated carbocycles. The summed E-state index contributed by atoms with van der Waals surface area (Å²) in [6.45, 7) is 5.06. The summed E-state index contributed by atoms with van der Waals surface area (Å²) in [6, 6.07) is 1.48. The Morgan fingerprint density at radius 2 is 2.04 bits per heavy atom. The van der Waals surface area contributed by atoms with Crippen molar-refractivity contribution in [2.75, 3.05) is 6.54 Å². The first-order valence-corrected chi connectivity index (χ1v) is 8.51. The largest absolute Gasteiger partial charge is 0.472 e. The third kappa shape index (κ3) is 3.51. The van der Waals surface area contributed by atoms with Gasteiger partial charge in [0.25, 0.3) is 5.91 Å². The maximum absolute atomic E-state index is 14.0. The Kier molecular flexibility index (Phi) is 4.88. The van der Waals surface area contributed by atoms with Crippen molar-refractivity contribution >= 4 is 17.5 Å². The van der Waals surface area contributed by atoms with Crippen LogP contribution in [0.1, 0.15) is 44.4 Å². The highest BCUT2D eigenvalue weighted by molar-refractivity contribution is 6.30. The average molecular weight is 386 g/mol. The highest BCUT2D eigenvalue weighted by Crippen LogP contribution is 2.35. The van der Waals surface area contributed by atoms with Crippen LogP contribution >= 0.6 is 11.6 Å². The van der Waals surface area contributed by atoms with Crippen LogP contribution in [0.3, 0.4) is 0 Å². The molecule has 0 spiro atoms. The second-order valence-corrected chi connectivity index (χ2v) is 7.08. The zero-order valence-electron chi connectivity index (χ0n) is 14.6. The zero-order chi connectivity index (χ0) is 19.1. The van der Waals surface area contributed by atoms with E-state index in [1.54, 1.807) is 11.8 Å². The van der Waals surface area contributed by atoms with Gasteiger partial charge in [-0.2, -0.15) is 4.98 Å². The second-order valence-electron chi connectivity index (χ2n) is 6.65. The number of carbonyl (C=O) groups is 1. The van der Waals surface area contributed by atoms with Crippen molar-refractivity contribution in [2.45, 2.75) is 45.3 Å². The van der Waals surface area contributed by atoms with Crippen LogP contribution in [0.2, 0.25) is 5.02 Å². The van der Waals surface area contributed by atoms with E-state index >= 15 is 0 Å². The molecule has 1 aromatic heterocycles. The van der Waals surface area contributed by atoms with E-state index in [0.717, 1.165) is 18.6 Å². The molecule has 1 aliphatic heterocycles. The van der Waals surface area contributed by atoms with Crippen molar-refractivity contribution in [3.8, 4) is 5.75 Å². The normalized spacial score (nSPS) is 17.6. The molecule has 2 aromatic rings. The number of likely N-dealkylation sites (tertiary alicyclic amines) is 1. The Morgan fingerprint density at radius 3 is 2.62 bits per heavy atom. The van der Waals surface area contributed by atoms with Crippen molar-refractivity contribution in [1.82, 2.24) is 15.0 Å². The van der Waals surface area contributed by atoms with Crippen LogP contribution in [-0.4, -0.2) is 33.1 Å². The summed E-state index contributed by atoms with van der Waals surface area (Å²) in [7, 11) is 0. The van der Waals surface area contributed by atoms with E-state index in [1.807, 2.05) is 0 Å². The molecular weight excluding hydrogens is 368 g/mol. The minimum Gasteiger partial charge on any atom is -0.472 e. The molecule has 6 nitrogen and oxygen atoms in total. The third-order valence-corrected chi connectivity index (χ3v) is 4.40. The molecule has 1 fully saturated rings. The Hall–Kier alpha value is -2.22. The number of hydrogen-bond donors (Lipinski definition) is 0. The lowest BCUT2D eigenvalue weighted by molar-refractivity contribution is -0.147. The average Bonchev–Trinajstić information content (AvgIpc) is 3.18. The molecule has 0 bridgehead atoms. The van der Waals surface area contributed by atoms with Crippen LogP contribution < -0.4 is 4.74 Å². The van der Waals surface area contributed by atoms with Crippen LogP contribution in [0.25, 0.3) is 0 Å². The number of halogens is 3. The van der Waals surface area contributed by atoms with Crippen LogP contribution in [0, 0.1) is 18.6 Å². The first-order chi connectivity index (χ1) is 12.2. The van der Waals surface area contributed by atoms with Gasteiger partial charge in [0.05, 0.1) is 0 Å². The smallest absolute Gasteiger partial charge is 0.266 e.